The van der Waals surface area contributed by atoms with Crippen LogP contribution >= 0.6 is 0 Å². The lowest BCUT2D eigenvalue weighted by molar-refractivity contribution is -0.165. The van der Waals surface area contributed by atoms with Crippen LogP contribution in [0.2, 0.25) is 0 Å². The summed E-state index contributed by atoms with van der Waals surface area (Å²) in [6, 6.07) is 0. The lowest BCUT2D eigenvalue weighted by Crippen LogP contribution is -2.32. The van der Waals surface area contributed by atoms with Gasteiger partial charge < -0.3 is 10.5 Å². The zero-order chi connectivity index (χ0) is 11.0. The van der Waals surface area contributed by atoms with Gasteiger partial charge in [-0.2, -0.15) is 8.78 Å². The molecule has 0 amide bonds. The first-order chi connectivity index (χ1) is 6.50. The molecule has 0 aliphatic carbocycles. The molecular weight excluding hydrogens is 202 g/mol. The molecule has 0 aliphatic rings. The molecule has 0 spiro atoms. The lowest BCUT2D eigenvalue weighted by Gasteiger charge is -2.14. The van der Waals surface area contributed by atoms with E-state index in [1.807, 2.05) is 0 Å². The molecule has 0 saturated heterocycles. The fraction of sp³-hybridized carbons (Fsp3) is 1.00. The predicted octanol–water partition coefficient (Wildman–Crippen LogP) is 2.03. The molecular formula is C8H15F4NO. The fourth-order valence-electron chi connectivity index (χ4n) is 0.796. The Morgan fingerprint density at radius 2 is 1.79 bits per heavy atom. The SMILES string of the molecule is NCCCCCOCC(F)(F)C(F)F. The maximum atomic E-state index is 12.2. The molecule has 0 saturated carbocycles. The minimum absolute atomic E-state index is 0.0717. The van der Waals surface area contributed by atoms with E-state index < -0.39 is 19.0 Å². The van der Waals surface area contributed by atoms with Gasteiger partial charge in [0.05, 0.1) is 0 Å². The van der Waals surface area contributed by atoms with Gasteiger partial charge in [0.2, 0.25) is 0 Å². The van der Waals surface area contributed by atoms with Gasteiger partial charge in [-0.05, 0) is 25.8 Å². The number of ether oxygens (including phenoxy) is 1. The van der Waals surface area contributed by atoms with Crippen molar-refractivity contribution in [2.45, 2.75) is 31.6 Å². The average Bonchev–Trinajstić information content (AvgIpc) is 2.10. The molecule has 14 heavy (non-hydrogen) atoms. The van der Waals surface area contributed by atoms with Crippen molar-refractivity contribution in [2.75, 3.05) is 19.8 Å². The third-order valence-electron chi connectivity index (χ3n) is 1.61. The third kappa shape index (κ3) is 6.15. The van der Waals surface area contributed by atoms with Crippen molar-refractivity contribution < 1.29 is 22.3 Å². The third-order valence-corrected chi connectivity index (χ3v) is 1.61. The van der Waals surface area contributed by atoms with Gasteiger partial charge in [-0.15, -0.1) is 0 Å². The largest absolute Gasteiger partial charge is 0.375 e. The molecule has 2 nitrogen and oxygen atoms in total. The van der Waals surface area contributed by atoms with Gasteiger partial charge in [-0.1, -0.05) is 0 Å². The van der Waals surface area contributed by atoms with E-state index in [2.05, 4.69) is 4.74 Å². The van der Waals surface area contributed by atoms with Gasteiger partial charge in [0.1, 0.15) is 6.61 Å². The summed E-state index contributed by atoms with van der Waals surface area (Å²) >= 11 is 0. The fourth-order valence-corrected chi connectivity index (χ4v) is 0.796. The zero-order valence-corrected chi connectivity index (χ0v) is 7.82. The molecule has 0 aliphatic heterocycles. The number of hydrogen-bond acceptors (Lipinski definition) is 2. The molecule has 6 heteroatoms. The number of alkyl halides is 4. The Hall–Kier alpha value is -0.360. The van der Waals surface area contributed by atoms with Crippen molar-refractivity contribution in [2.24, 2.45) is 5.73 Å². The summed E-state index contributed by atoms with van der Waals surface area (Å²) in [6.45, 7) is -0.608. The van der Waals surface area contributed by atoms with E-state index in [9.17, 15) is 17.6 Å². The van der Waals surface area contributed by atoms with Gasteiger partial charge in [0.25, 0.3) is 0 Å². The number of nitrogens with two attached hydrogens (primary N) is 1. The summed E-state index contributed by atoms with van der Waals surface area (Å²) in [7, 11) is 0. The van der Waals surface area contributed by atoms with Crippen molar-refractivity contribution in [1.82, 2.24) is 0 Å². The molecule has 0 unspecified atom stereocenters. The van der Waals surface area contributed by atoms with E-state index in [1.54, 1.807) is 0 Å². The minimum atomic E-state index is -4.03. The highest BCUT2D eigenvalue weighted by Crippen LogP contribution is 2.22. The Morgan fingerprint density at radius 1 is 1.14 bits per heavy atom. The quantitative estimate of drug-likeness (QED) is 0.498. The van der Waals surface area contributed by atoms with Gasteiger partial charge in [0, 0.05) is 6.61 Å². The molecule has 0 heterocycles. The summed E-state index contributed by atoms with van der Waals surface area (Å²) in [4.78, 5) is 0. The highest BCUT2D eigenvalue weighted by molar-refractivity contribution is 4.67. The number of unbranched alkanes of at least 4 members (excludes halogenated alkanes) is 2. The molecule has 0 radical (unpaired) electrons. The molecule has 0 aromatic heterocycles. The van der Waals surface area contributed by atoms with Gasteiger partial charge >= 0.3 is 12.3 Å². The van der Waals surface area contributed by atoms with Crippen molar-refractivity contribution in [3.05, 3.63) is 0 Å². The summed E-state index contributed by atoms with van der Waals surface area (Å²) in [5.41, 5.74) is 5.19. The van der Waals surface area contributed by atoms with Crippen LogP contribution in [0.1, 0.15) is 19.3 Å². The van der Waals surface area contributed by atoms with Crippen LogP contribution in [0.5, 0.6) is 0 Å². The van der Waals surface area contributed by atoms with Crippen LogP contribution in [-0.4, -0.2) is 32.1 Å². The topological polar surface area (TPSA) is 35.2 Å². The van der Waals surface area contributed by atoms with Gasteiger partial charge in [-0.3, -0.25) is 0 Å². The summed E-state index contributed by atoms with van der Waals surface area (Å²) in [5, 5.41) is 0. The monoisotopic (exact) mass is 217 g/mol. The van der Waals surface area contributed by atoms with E-state index >= 15 is 0 Å². The van der Waals surface area contributed by atoms with Crippen molar-refractivity contribution in [3.63, 3.8) is 0 Å². The van der Waals surface area contributed by atoms with Crippen LogP contribution in [0.15, 0.2) is 0 Å². The maximum absolute atomic E-state index is 12.2. The van der Waals surface area contributed by atoms with Crippen molar-refractivity contribution >= 4 is 0 Å². The lowest BCUT2D eigenvalue weighted by atomic mass is 10.2. The van der Waals surface area contributed by atoms with Gasteiger partial charge in [-0.25, -0.2) is 8.78 Å². The van der Waals surface area contributed by atoms with E-state index in [0.29, 0.717) is 13.0 Å². The van der Waals surface area contributed by atoms with Crippen LogP contribution in [0.25, 0.3) is 0 Å². The van der Waals surface area contributed by atoms with Crippen LogP contribution in [0.4, 0.5) is 17.6 Å². The molecule has 0 fully saturated rings. The van der Waals surface area contributed by atoms with E-state index in [0.717, 1.165) is 12.8 Å². The Bertz CT molecular complexity index is 143. The highest BCUT2D eigenvalue weighted by atomic mass is 19.3. The van der Waals surface area contributed by atoms with Crippen LogP contribution in [0.3, 0.4) is 0 Å². The predicted molar refractivity (Wildman–Crippen MR) is 44.7 cm³/mol. The second-order valence-electron chi connectivity index (χ2n) is 2.96. The normalized spacial score (nSPS) is 12.4. The number of rotatable bonds is 8. The Morgan fingerprint density at radius 3 is 2.29 bits per heavy atom. The van der Waals surface area contributed by atoms with E-state index in [1.165, 1.54) is 0 Å². The highest BCUT2D eigenvalue weighted by Gasteiger charge is 2.40. The van der Waals surface area contributed by atoms with Crippen molar-refractivity contribution in [3.8, 4) is 0 Å². The second kappa shape index (κ2) is 7.00. The number of hydrogen-bond donors (Lipinski definition) is 1. The zero-order valence-electron chi connectivity index (χ0n) is 7.82. The Kier molecular flexibility index (Phi) is 6.82. The molecule has 86 valence electrons. The first-order valence-electron chi connectivity index (χ1n) is 4.44. The van der Waals surface area contributed by atoms with Crippen molar-refractivity contribution in [1.29, 1.82) is 0 Å². The average molecular weight is 217 g/mol. The van der Waals surface area contributed by atoms with Crippen LogP contribution in [-0.2, 0) is 4.74 Å². The second-order valence-corrected chi connectivity index (χ2v) is 2.96. The molecule has 0 bridgehead atoms. The van der Waals surface area contributed by atoms with Gasteiger partial charge in [0.15, 0.2) is 0 Å². The first-order valence-corrected chi connectivity index (χ1v) is 4.44. The standard InChI is InChI=1S/C8H15F4NO/c9-7(10)8(11,12)6-14-5-3-1-2-4-13/h7H,1-6,13H2. The van der Waals surface area contributed by atoms with Crippen LogP contribution in [0, 0.1) is 0 Å². The first kappa shape index (κ1) is 13.6. The smallest absolute Gasteiger partial charge is 0.330 e. The summed E-state index contributed by atoms with van der Waals surface area (Å²) < 4.78 is 52.1. The maximum Gasteiger partial charge on any atom is 0.330 e. The Balaban J connectivity index is 3.35. The minimum Gasteiger partial charge on any atom is -0.375 e. The van der Waals surface area contributed by atoms with E-state index in [-0.39, 0.29) is 6.61 Å². The van der Waals surface area contributed by atoms with E-state index in [4.69, 9.17) is 5.73 Å². The number of halogens is 4. The van der Waals surface area contributed by atoms with Crippen LogP contribution < -0.4 is 5.73 Å². The molecule has 0 rings (SSSR count). The molecule has 2 N–H and O–H groups in total. The molecule has 0 atom stereocenters. The molecule has 0 aromatic rings. The summed E-state index contributed by atoms with van der Waals surface area (Å²) in [5.74, 6) is -4.03. The molecule has 0 aromatic carbocycles. The summed E-state index contributed by atoms with van der Waals surface area (Å²) in [6.07, 6.45) is -1.55. The Labute approximate surface area is 80.4 Å².